The Balaban J connectivity index is 1.18. The van der Waals surface area contributed by atoms with Gasteiger partial charge in [-0.15, -0.1) is 0 Å². The highest BCUT2D eigenvalue weighted by Crippen LogP contribution is 2.41. The summed E-state index contributed by atoms with van der Waals surface area (Å²) in [5.41, 5.74) is 2.21. The molecular formula is C34H40FN7O4. The fraction of sp³-hybridized carbons (Fsp3) is 0.529. The minimum Gasteiger partial charge on any atom is -0.508 e. The Morgan fingerprint density at radius 3 is 2.59 bits per heavy atom. The standard InChI is InChI=1S/C34H40FN7O4/c1-2-23-25(35)7-6-21-16-22(43)17-27(28(21)23)40-15-8-24-26(18-40)36-32(46-20-33-9-3-13-42(33)14-4-10-33)37-29(24)41-12-5-11-34(19-41)30(44)38-31(45)39-34/h6-7,16-17,43H,2-5,8-15,18-20H2,1H3,(H2,38,39,44,45)/t34-/m1/s1. The number of fused-ring (bicyclic) bond motifs is 3. The zero-order chi connectivity index (χ0) is 31.6. The highest BCUT2D eigenvalue weighted by atomic mass is 19.1. The Morgan fingerprint density at radius 1 is 1.02 bits per heavy atom. The SMILES string of the molecule is CCc1c(F)ccc2cc(O)cc(N3CCc4c(nc(OCC56CCCN5CCC6)nc4N4CCC[C@]5(C4)NC(=O)NC5=O)C3)c12. The highest BCUT2D eigenvalue weighted by molar-refractivity contribution is 6.07. The normalized spacial score (nSPS) is 24.0. The molecule has 2 aromatic carbocycles. The van der Waals surface area contributed by atoms with Gasteiger partial charge in [-0.2, -0.15) is 9.97 Å². The average Bonchev–Trinajstić information content (AvgIpc) is 3.71. The Bertz CT molecular complexity index is 1740. The molecule has 11 nitrogen and oxygen atoms in total. The summed E-state index contributed by atoms with van der Waals surface area (Å²) in [5.74, 6) is 0.306. The summed E-state index contributed by atoms with van der Waals surface area (Å²) in [6.45, 7) is 6.68. The van der Waals surface area contributed by atoms with Crippen LogP contribution < -0.4 is 25.2 Å². The fourth-order valence-electron chi connectivity index (χ4n) is 8.70. The number of ether oxygens (including phenoxy) is 1. The van der Waals surface area contributed by atoms with Crippen LogP contribution in [0.25, 0.3) is 10.8 Å². The number of nitrogens with zero attached hydrogens (tertiary/aromatic N) is 5. The van der Waals surface area contributed by atoms with Gasteiger partial charge in [-0.1, -0.05) is 13.0 Å². The number of benzene rings is 2. The van der Waals surface area contributed by atoms with Gasteiger partial charge in [-0.25, -0.2) is 9.18 Å². The number of halogens is 1. The Hall–Kier alpha value is -4.19. The van der Waals surface area contributed by atoms with Crippen LogP contribution in [0.1, 0.15) is 62.3 Å². The summed E-state index contributed by atoms with van der Waals surface area (Å²) in [4.78, 5) is 41.9. The summed E-state index contributed by atoms with van der Waals surface area (Å²) in [6.07, 6.45) is 6.94. The third-order valence-electron chi connectivity index (χ3n) is 10.9. The maximum atomic E-state index is 15.0. The first-order valence-electron chi connectivity index (χ1n) is 16.6. The van der Waals surface area contributed by atoms with Gasteiger partial charge >= 0.3 is 12.0 Å². The van der Waals surface area contributed by atoms with Crippen LogP contribution in [0.5, 0.6) is 11.8 Å². The molecule has 3 amide bonds. The van der Waals surface area contributed by atoms with Gasteiger partial charge in [0, 0.05) is 35.8 Å². The number of phenolic OH excluding ortho intramolecular Hbond substituents is 1. The molecule has 4 saturated heterocycles. The first kappa shape index (κ1) is 29.2. The molecule has 46 heavy (non-hydrogen) atoms. The maximum absolute atomic E-state index is 15.0. The number of rotatable bonds is 6. The second-order valence-corrected chi connectivity index (χ2v) is 13.6. The minimum absolute atomic E-state index is 0.0218. The number of imide groups is 1. The van der Waals surface area contributed by atoms with E-state index in [1.54, 1.807) is 18.2 Å². The highest BCUT2D eigenvalue weighted by Gasteiger charge is 2.50. The molecule has 0 aliphatic carbocycles. The predicted octanol–water partition coefficient (Wildman–Crippen LogP) is 3.79. The van der Waals surface area contributed by atoms with E-state index in [0.717, 1.165) is 72.3 Å². The van der Waals surface area contributed by atoms with Crippen LogP contribution in [-0.4, -0.2) is 82.3 Å². The van der Waals surface area contributed by atoms with E-state index in [2.05, 4.69) is 25.3 Å². The van der Waals surface area contributed by atoms with E-state index < -0.39 is 11.6 Å². The topological polar surface area (TPSA) is 123 Å². The van der Waals surface area contributed by atoms with Gasteiger partial charge in [0.25, 0.3) is 5.91 Å². The van der Waals surface area contributed by atoms with Gasteiger partial charge < -0.3 is 25.0 Å². The van der Waals surface area contributed by atoms with Gasteiger partial charge in [0.15, 0.2) is 0 Å². The number of aromatic nitrogens is 2. The van der Waals surface area contributed by atoms with E-state index in [1.165, 1.54) is 6.07 Å². The zero-order valence-electron chi connectivity index (χ0n) is 26.2. The summed E-state index contributed by atoms with van der Waals surface area (Å²) in [6, 6.07) is 6.43. The fourth-order valence-corrected chi connectivity index (χ4v) is 8.70. The van der Waals surface area contributed by atoms with E-state index in [-0.39, 0.29) is 23.0 Å². The number of phenols is 1. The number of nitrogens with one attached hydrogen (secondary N) is 2. The molecule has 1 spiro atoms. The smallest absolute Gasteiger partial charge is 0.322 e. The van der Waals surface area contributed by atoms with E-state index in [1.807, 2.05) is 6.92 Å². The van der Waals surface area contributed by atoms with E-state index in [9.17, 15) is 14.7 Å². The summed E-state index contributed by atoms with van der Waals surface area (Å²) in [7, 11) is 0. The number of aromatic hydroxyl groups is 1. The van der Waals surface area contributed by atoms with Crippen LogP contribution in [-0.2, 0) is 24.2 Å². The number of piperidine rings is 1. The Kier molecular flexibility index (Phi) is 6.97. The number of carbonyl (C=O) groups excluding carboxylic acids is 2. The Labute approximate surface area is 267 Å². The number of hydrogen-bond acceptors (Lipinski definition) is 9. The number of carbonyl (C=O) groups is 2. The van der Waals surface area contributed by atoms with Crippen LogP contribution in [0.3, 0.4) is 0 Å². The van der Waals surface area contributed by atoms with Gasteiger partial charge in [0.05, 0.1) is 24.3 Å². The molecule has 0 bridgehead atoms. The largest absolute Gasteiger partial charge is 0.508 e. The van der Waals surface area contributed by atoms with Gasteiger partial charge in [0.1, 0.15) is 29.5 Å². The summed E-state index contributed by atoms with van der Waals surface area (Å²) < 4.78 is 21.5. The Morgan fingerprint density at radius 2 is 1.83 bits per heavy atom. The second-order valence-electron chi connectivity index (χ2n) is 13.6. The minimum atomic E-state index is -0.997. The van der Waals surface area contributed by atoms with Crippen molar-refractivity contribution in [2.75, 3.05) is 49.1 Å². The summed E-state index contributed by atoms with van der Waals surface area (Å²) in [5, 5.41) is 17.6. The summed E-state index contributed by atoms with van der Waals surface area (Å²) >= 11 is 0. The van der Waals surface area contributed by atoms with Crippen molar-refractivity contribution in [3.05, 3.63) is 46.9 Å². The molecule has 5 aliphatic heterocycles. The van der Waals surface area contributed by atoms with Gasteiger partial charge in [-0.3, -0.25) is 15.0 Å². The third kappa shape index (κ3) is 4.71. The van der Waals surface area contributed by atoms with Crippen molar-refractivity contribution in [2.45, 2.75) is 75.9 Å². The van der Waals surface area contributed by atoms with Crippen LogP contribution in [0.4, 0.5) is 20.7 Å². The molecule has 1 atom stereocenters. The lowest BCUT2D eigenvalue weighted by molar-refractivity contribution is -0.124. The first-order valence-corrected chi connectivity index (χ1v) is 16.6. The molecule has 1 aromatic heterocycles. The molecule has 0 radical (unpaired) electrons. The molecule has 3 N–H and O–H groups in total. The molecule has 0 unspecified atom stereocenters. The molecule has 12 heteroatoms. The van der Waals surface area contributed by atoms with Crippen LogP contribution in [0.15, 0.2) is 24.3 Å². The van der Waals surface area contributed by atoms with E-state index in [4.69, 9.17) is 14.7 Å². The first-order chi connectivity index (χ1) is 22.3. The number of hydrogen-bond donors (Lipinski definition) is 3. The lowest BCUT2D eigenvalue weighted by Gasteiger charge is -2.40. The van der Waals surface area contributed by atoms with Crippen LogP contribution in [0, 0.1) is 5.82 Å². The van der Waals surface area contributed by atoms with Crippen molar-refractivity contribution in [3.63, 3.8) is 0 Å². The van der Waals surface area contributed by atoms with Crippen molar-refractivity contribution in [2.24, 2.45) is 0 Å². The van der Waals surface area contributed by atoms with Crippen molar-refractivity contribution < 1.29 is 23.8 Å². The molecule has 8 rings (SSSR count). The molecule has 6 heterocycles. The number of aryl methyl sites for hydroxylation is 1. The molecule has 3 aromatic rings. The van der Waals surface area contributed by atoms with Crippen LogP contribution in [0.2, 0.25) is 0 Å². The van der Waals surface area contributed by atoms with Crippen molar-refractivity contribution in [1.82, 2.24) is 25.5 Å². The van der Waals surface area contributed by atoms with Crippen molar-refractivity contribution >= 4 is 34.2 Å². The molecule has 5 aliphatic rings. The van der Waals surface area contributed by atoms with Crippen molar-refractivity contribution in [3.8, 4) is 11.8 Å². The second kappa shape index (κ2) is 11.0. The number of urea groups is 1. The lowest BCUT2D eigenvalue weighted by atomic mass is 9.88. The lowest BCUT2D eigenvalue weighted by Crippen LogP contribution is -2.59. The van der Waals surface area contributed by atoms with E-state index in [0.29, 0.717) is 70.0 Å². The maximum Gasteiger partial charge on any atom is 0.322 e. The average molecular weight is 630 g/mol. The molecule has 0 saturated carbocycles. The molecule has 4 fully saturated rings. The quantitative estimate of drug-likeness (QED) is 0.350. The van der Waals surface area contributed by atoms with Gasteiger partial charge in [-0.05, 0) is 87.5 Å². The van der Waals surface area contributed by atoms with Crippen LogP contribution >= 0.6 is 0 Å². The number of amides is 3. The van der Waals surface area contributed by atoms with Crippen molar-refractivity contribution in [1.29, 1.82) is 0 Å². The zero-order valence-corrected chi connectivity index (χ0v) is 26.2. The third-order valence-corrected chi connectivity index (χ3v) is 10.9. The monoisotopic (exact) mass is 629 g/mol. The van der Waals surface area contributed by atoms with Gasteiger partial charge in [0.2, 0.25) is 0 Å². The van der Waals surface area contributed by atoms with E-state index >= 15 is 4.39 Å². The number of anilines is 2. The molecule has 242 valence electrons. The molecular weight excluding hydrogens is 589 g/mol. The predicted molar refractivity (Wildman–Crippen MR) is 171 cm³/mol.